The highest BCUT2D eigenvalue weighted by atomic mass is 15.2. The molecule has 0 saturated carbocycles. The van der Waals surface area contributed by atoms with E-state index in [1.54, 1.807) is 0 Å². The van der Waals surface area contributed by atoms with E-state index < -0.39 is 0 Å². The molecule has 702 valence electrons. The first kappa shape index (κ1) is 105. The van der Waals surface area contributed by atoms with Crippen LogP contribution in [0.2, 0.25) is 0 Å². The Morgan fingerprint density at radius 1 is 0.126 bits per heavy atom. The van der Waals surface area contributed by atoms with E-state index >= 15 is 0 Å². The maximum absolute atomic E-state index is 2.57. The number of hydrogen-bond donors (Lipinski definition) is 0. The molecule has 6 heterocycles. The molecule has 0 N–H and O–H groups in total. The van der Waals surface area contributed by atoms with Crippen LogP contribution in [0.25, 0.3) is 66.8 Å². The highest BCUT2D eigenvalue weighted by Crippen LogP contribution is 2.60. The Hall–Kier alpha value is -12.3. The van der Waals surface area contributed by atoms with Crippen LogP contribution < -0.4 is 14.7 Å². The first-order valence-electron chi connectivity index (χ1n) is 53.1. The first-order chi connectivity index (χ1) is 67.0. The minimum Gasteiger partial charge on any atom is -0.309 e. The third-order valence-corrected chi connectivity index (χ3v) is 26.0. The number of benzene rings is 15. The van der Waals surface area contributed by atoms with Crippen LogP contribution in [-0.4, -0.2) is 0 Å². The first-order valence-corrected chi connectivity index (χ1v) is 53.1. The van der Waals surface area contributed by atoms with Gasteiger partial charge in [-0.05, 0) is 281 Å². The van der Waals surface area contributed by atoms with E-state index in [1.165, 1.54) is 251 Å². The Labute approximate surface area is 818 Å². The molecule has 0 bridgehead atoms. The summed E-state index contributed by atoms with van der Waals surface area (Å²) in [5, 5.41) is 0. The Morgan fingerprint density at radius 2 is 0.348 bits per heavy atom. The lowest BCUT2D eigenvalue weighted by atomic mass is 9.85. The van der Waals surface area contributed by atoms with Crippen LogP contribution >= 0.6 is 0 Å². The van der Waals surface area contributed by atoms with Gasteiger partial charge in [-0.15, -0.1) is 0 Å². The Bertz CT molecular complexity index is 6500. The van der Waals surface area contributed by atoms with Gasteiger partial charge in [0.25, 0.3) is 0 Å². The van der Waals surface area contributed by atoms with Gasteiger partial charge in [0.2, 0.25) is 0 Å². The van der Waals surface area contributed by atoms with E-state index in [0.29, 0.717) is 0 Å². The van der Waals surface area contributed by atoms with Crippen molar-refractivity contribution in [2.75, 3.05) is 14.7 Å². The van der Waals surface area contributed by atoms with Gasteiger partial charge in [0, 0.05) is 55.6 Å². The average molecular weight is 1790 g/mol. The average Bonchev–Trinajstić information content (AvgIpc) is 1.67. The zero-order valence-electron chi connectivity index (χ0n) is 88.3. The minimum absolute atomic E-state index is 1.02. The van der Waals surface area contributed by atoms with Gasteiger partial charge in [0.05, 0.1) is 34.1 Å². The van der Waals surface area contributed by atoms with Crippen molar-refractivity contribution in [1.82, 2.24) is 0 Å². The Balaban J connectivity index is 0.000000184. The molecule has 0 radical (unpaired) electrons. The quantitative estimate of drug-likeness (QED) is 0.150. The molecule has 12 aliphatic rings. The van der Waals surface area contributed by atoms with Gasteiger partial charge < -0.3 is 14.7 Å². The van der Waals surface area contributed by atoms with E-state index in [4.69, 9.17) is 0 Å². The van der Waals surface area contributed by atoms with Gasteiger partial charge in [0.15, 0.2) is 0 Å². The van der Waals surface area contributed by atoms with Gasteiger partial charge in [-0.2, -0.15) is 0 Å². The van der Waals surface area contributed by atoms with Gasteiger partial charge in [-0.25, -0.2) is 0 Å². The fourth-order valence-electron chi connectivity index (χ4n) is 21.6. The van der Waals surface area contributed by atoms with Gasteiger partial charge in [-0.3, -0.25) is 0 Å². The normalized spacial score (nSPS) is 12.3. The topological polar surface area (TPSA) is 9.72 Å². The summed E-state index contributed by atoms with van der Waals surface area (Å²) in [5.74, 6) is 0. The molecule has 6 aliphatic carbocycles. The standard InChI is InChI=1S/3C34H23N.15C2H6/c1-3-10-28-20(6-1)12-24-15-25-16-26-17-27-14-23-9-5-8-22-13-21-7-2-4-11-32(21)35(34(22)23)33(27)19-31(26)30(25)18-29(24)28;1-3-10-27-20(6-1)18-30-28(27)13-12-22-15-25-17-26-16-24-9-5-8-23-14-21-7-2-4-11-31(21)35(34(23)24)32(26)19-29(25)33(22)30;1-3-10-28-20(6-1)14-22-12-13-23-16-26-18-27-17-25-9-5-8-24-15-21-7-2-4-11-30(21)35(34(24)25)31(27)19-29(26)33(23)32(22)28;15*1-2/h1-11,15,17-19H,12-14,16H2;1-13,17,19H,14-16,18H2;1-13,18-19H,14-17H2;15*1-2H3. The van der Waals surface area contributed by atoms with Crippen molar-refractivity contribution in [3.8, 4) is 66.8 Å². The molecule has 3 heteroatoms. The van der Waals surface area contributed by atoms with Crippen LogP contribution in [0.4, 0.5) is 51.2 Å². The summed E-state index contributed by atoms with van der Waals surface area (Å²) in [6.45, 7) is 60.0. The van der Waals surface area contributed by atoms with Crippen molar-refractivity contribution in [2.24, 2.45) is 0 Å². The lowest BCUT2D eigenvalue weighted by molar-refractivity contribution is 1.01. The Kier molecular flexibility index (Phi) is 38.6. The number of fused-ring (bicyclic) bond motifs is 32. The van der Waals surface area contributed by atoms with Crippen molar-refractivity contribution in [3.63, 3.8) is 0 Å². The molecular formula is C132H159N3. The number of rotatable bonds is 0. The summed E-state index contributed by atoms with van der Waals surface area (Å²) in [6, 6.07) is 104. The predicted octanol–water partition coefficient (Wildman–Crippen LogP) is 39.7. The molecule has 0 spiro atoms. The summed E-state index contributed by atoms with van der Waals surface area (Å²) in [7, 11) is 0. The van der Waals surface area contributed by atoms with Crippen molar-refractivity contribution >= 4 is 51.2 Å². The summed E-state index contributed by atoms with van der Waals surface area (Å²) < 4.78 is 0. The van der Waals surface area contributed by atoms with Crippen molar-refractivity contribution < 1.29 is 0 Å². The number of hydrogen-bond acceptors (Lipinski definition) is 3. The van der Waals surface area contributed by atoms with Crippen molar-refractivity contribution in [2.45, 2.75) is 285 Å². The van der Waals surface area contributed by atoms with Crippen LogP contribution in [0.5, 0.6) is 0 Å². The minimum atomic E-state index is 1.02. The highest BCUT2D eigenvalue weighted by molar-refractivity contribution is 6.01. The largest absolute Gasteiger partial charge is 0.309 e. The third kappa shape index (κ3) is 19.2. The molecule has 6 aliphatic heterocycles. The second kappa shape index (κ2) is 49.8. The second-order valence-corrected chi connectivity index (χ2v) is 31.6. The molecule has 0 amide bonds. The fourth-order valence-corrected chi connectivity index (χ4v) is 21.6. The molecule has 0 unspecified atom stereocenters. The zero-order valence-corrected chi connectivity index (χ0v) is 88.3. The molecule has 15 aromatic rings. The molecule has 15 aromatic carbocycles. The Morgan fingerprint density at radius 3 is 0.733 bits per heavy atom. The molecule has 27 rings (SSSR count). The summed E-state index contributed by atoms with van der Waals surface area (Å²) in [6.07, 6.45) is 12.4. The molecule has 135 heavy (non-hydrogen) atoms. The van der Waals surface area contributed by atoms with Crippen LogP contribution in [0.3, 0.4) is 0 Å². The molecule has 3 nitrogen and oxygen atoms in total. The smallest absolute Gasteiger partial charge is 0.0532 e. The maximum atomic E-state index is 2.57. The number of anilines is 9. The van der Waals surface area contributed by atoms with E-state index in [0.717, 1.165) is 77.0 Å². The number of para-hydroxylation sites is 6. The van der Waals surface area contributed by atoms with Crippen LogP contribution in [-0.2, 0) is 77.0 Å². The van der Waals surface area contributed by atoms with Gasteiger partial charge >= 0.3 is 0 Å². The van der Waals surface area contributed by atoms with E-state index in [2.05, 4.69) is 288 Å². The van der Waals surface area contributed by atoms with Crippen molar-refractivity contribution in [3.05, 3.63) is 407 Å². The monoisotopic (exact) mass is 1790 g/mol. The molecule has 0 fully saturated rings. The van der Waals surface area contributed by atoms with E-state index in [9.17, 15) is 0 Å². The zero-order chi connectivity index (χ0) is 98.0. The van der Waals surface area contributed by atoms with E-state index in [1.807, 2.05) is 208 Å². The molecular weight excluding hydrogens is 1630 g/mol. The molecule has 0 aromatic heterocycles. The maximum Gasteiger partial charge on any atom is 0.0532 e. The summed E-state index contributed by atoms with van der Waals surface area (Å²) >= 11 is 0. The molecule has 0 atom stereocenters. The summed E-state index contributed by atoms with van der Waals surface area (Å²) in [4.78, 5) is 7.69. The third-order valence-electron chi connectivity index (χ3n) is 26.0. The molecule has 0 saturated heterocycles. The fraction of sp³-hybridized carbons (Fsp3) is 0.318. The highest BCUT2D eigenvalue weighted by Gasteiger charge is 2.40. The van der Waals surface area contributed by atoms with Crippen LogP contribution in [0, 0.1) is 0 Å². The van der Waals surface area contributed by atoms with Gasteiger partial charge in [-0.1, -0.05) is 438 Å². The van der Waals surface area contributed by atoms with E-state index in [-0.39, 0.29) is 0 Å². The number of nitrogens with zero attached hydrogens (tertiary/aromatic N) is 3. The summed E-state index contributed by atoms with van der Waals surface area (Å²) in [5.41, 5.74) is 64.9. The second-order valence-electron chi connectivity index (χ2n) is 31.6. The lowest BCUT2D eigenvalue weighted by Gasteiger charge is -2.39. The van der Waals surface area contributed by atoms with Crippen molar-refractivity contribution in [1.29, 1.82) is 0 Å². The van der Waals surface area contributed by atoms with Gasteiger partial charge in [0.1, 0.15) is 0 Å². The lowest BCUT2D eigenvalue weighted by Crippen LogP contribution is -2.24. The van der Waals surface area contributed by atoms with Crippen LogP contribution in [0.1, 0.15) is 341 Å². The van der Waals surface area contributed by atoms with Crippen LogP contribution in [0.15, 0.2) is 273 Å². The predicted molar refractivity (Wildman–Crippen MR) is 600 cm³/mol. The SMILES string of the molecule is CC.CC.CC.CC.CC.CC.CC.CC.CC.CC.CC.CC.CC.CC.CC.c1ccc2c(c1)Cc1c-2ccc2c1-c1cc3c(cc1C2)Cc1cccc2c1N3c1ccccc1C2.c1ccc2c(c1)Cc1cc3c(cc1-2)-c1cc2c(cc1C3)Cc1cccc3c1N2c1ccccc1C3.c1ccc2c(c1)Cc1ccc3c(c1-2)-c1cc2c(cc1C3)Cc1cccc3c1N2c1ccccc1C3.